The van der Waals surface area contributed by atoms with Gasteiger partial charge in [0, 0.05) is 24.0 Å². The summed E-state index contributed by atoms with van der Waals surface area (Å²) in [6.45, 7) is 1.57. The molecule has 0 atom stereocenters. The van der Waals surface area contributed by atoms with E-state index in [4.69, 9.17) is 9.97 Å². The lowest BCUT2D eigenvalue weighted by Gasteiger charge is -2.33. The normalized spacial score (nSPS) is 17.8. The highest BCUT2D eigenvalue weighted by molar-refractivity contribution is 7.88. The first-order valence-electron chi connectivity index (χ1n) is 11.2. The number of hydrogen-bond donors (Lipinski definition) is 1. The molecule has 168 valence electrons. The summed E-state index contributed by atoms with van der Waals surface area (Å²) in [4.78, 5) is 14.8. The Morgan fingerprint density at radius 1 is 1.06 bits per heavy atom. The fraction of sp³-hybridized carbons (Fsp3) is 0.417. The van der Waals surface area contributed by atoms with E-state index in [0.717, 1.165) is 60.8 Å². The summed E-state index contributed by atoms with van der Waals surface area (Å²) in [5.41, 5.74) is 2.55. The Morgan fingerprint density at radius 3 is 2.56 bits per heavy atom. The molecule has 6 nitrogen and oxygen atoms in total. The van der Waals surface area contributed by atoms with E-state index in [0.29, 0.717) is 0 Å². The van der Waals surface area contributed by atoms with Crippen molar-refractivity contribution < 1.29 is 8.42 Å². The Kier molecular flexibility index (Phi) is 6.01. The van der Waals surface area contributed by atoms with Crippen LogP contribution >= 0.6 is 11.3 Å². The zero-order valence-corrected chi connectivity index (χ0v) is 19.9. The summed E-state index contributed by atoms with van der Waals surface area (Å²) in [7, 11) is -3.19. The van der Waals surface area contributed by atoms with E-state index in [1.165, 1.54) is 34.9 Å². The number of thiophene rings is 1. The van der Waals surface area contributed by atoms with E-state index in [1.54, 1.807) is 0 Å². The van der Waals surface area contributed by atoms with E-state index in [9.17, 15) is 8.42 Å². The zero-order valence-electron chi connectivity index (χ0n) is 18.3. The standard InChI is InChI=1S/C24H28N4O2S2/c1-32(29,30)27-18-13-15-28(16-14-18)23-22-19-9-5-6-10-20(19)31-24(22)26-21(25-23)12-11-17-7-3-2-4-8-17/h2-4,7-8,11-12,18,27H,5-6,9-10,13-16H2,1H3/b12-11+. The van der Waals surface area contributed by atoms with E-state index in [-0.39, 0.29) is 6.04 Å². The Bertz CT molecular complexity index is 1240. The minimum Gasteiger partial charge on any atom is -0.356 e. The number of anilines is 1. The average molecular weight is 469 g/mol. The number of benzene rings is 1. The van der Waals surface area contributed by atoms with Crippen molar-refractivity contribution in [1.29, 1.82) is 0 Å². The van der Waals surface area contributed by atoms with Crippen molar-refractivity contribution >= 4 is 49.5 Å². The third kappa shape index (κ3) is 4.72. The monoisotopic (exact) mass is 468 g/mol. The lowest BCUT2D eigenvalue weighted by atomic mass is 9.96. The molecule has 8 heteroatoms. The van der Waals surface area contributed by atoms with Crippen LogP contribution in [0.4, 0.5) is 5.82 Å². The van der Waals surface area contributed by atoms with Gasteiger partial charge in [-0.1, -0.05) is 36.4 Å². The van der Waals surface area contributed by atoms with Gasteiger partial charge in [0.05, 0.1) is 11.6 Å². The fourth-order valence-corrected chi connectivity index (χ4v) is 6.81. The minimum atomic E-state index is -3.19. The number of piperidine rings is 1. The van der Waals surface area contributed by atoms with Gasteiger partial charge in [-0.25, -0.2) is 23.1 Å². The van der Waals surface area contributed by atoms with Gasteiger partial charge in [-0.2, -0.15) is 0 Å². The molecule has 2 aromatic heterocycles. The van der Waals surface area contributed by atoms with Crippen molar-refractivity contribution in [2.45, 2.75) is 44.6 Å². The predicted molar refractivity (Wildman–Crippen MR) is 133 cm³/mol. The van der Waals surface area contributed by atoms with Crippen LogP contribution in [0.1, 0.15) is 47.5 Å². The molecule has 1 saturated heterocycles. The number of hydrogen-bond acceptors (Lipinski definition) is 6. The summed E-state index contributed by atoms with van der Waals surface area (Å²) in [5.74, 6) is 1.74. The molecule has 0 radical (unpaired) electrons. The maximum atomic E-state index is 11.6. The summed E-state index contributed by atoms with van der Waals surface area (Å²) in [6.07, 6.45) is 11.5. The molecule has 3 aromatic rings. The first-order chi connectivity index (χ1) is 15.5. The lowest BCUT2D eigenvalue weighted by molar-refractivity contribution is 0.460. The number of nitrogens with one attached hydrogen (secondary N) is 1. The molecular formula is C24H28N4O2S2. The van der Waals surface area contributed by atoms with Gasteiger partial charge in [-0.05, 0) is 55.7 Å². The Hall–Kier alpha value is -2.29. The Morgan fingerprint density at radius 2 is 1.81 bits per heavy atom. The second kappa shape index (κ2) is 8.92. The minimum absolute atomic E-state index is 0.00702. The molecule has 0 bridgehead atoms. The van der Waals surface area contributed by atoms with E-state index in [1.807, 2.05) is 35.6 Å². The largest absolute Gasteiger partial charge is 0.356 e. The Balaban J connectivity index is 1.50. The lowest BCUT2D eigenvalue weighted by Crippen LogP contribution is -2.44. The number of fused-ring (bicyclic) bond motifs is 3. The molecule has 1 N–H and O–H groups in total. The summed E-state index contributed by atoms with van der Waals surface area (Å²) in [6, 6.07) is 10.2. The van der Waals surface area contributed by atoms with Crippen LogP contribution in [-0.4, -0.2) is 43.8 Å². The predicted octanol–water partition coefficient (Wildman–Crippen LogP) is 4.26. The van der Waals surface area contributed by atoms with Crippen molar-refractivity contribution in [2.24, 2.45) is 0 Å². The molecule has 0 saturated carbocycles. The summed E-state index contributed by atoms with van der Waals surface area (Å²) >= 11 is 1.82. The van der Waals surface area contributed by atoms with Gasteiger partial charge >= 0.3 is 0 Å². The van der Waals surface area contributed by atoms with Crippen molar-refractivity contribution in [3.8, 4) is 0 Å². The van der Waals surface area contributed by atoms with E-state index in [2.05, 4.69) is 27.8 Å². The SMILES string of the molecule is CS(=O)(=O)NC1CCN(c2nc(/C=C/c3ccccc3)nc3sc4c(c23)CCCC4)CC1. The number of sulfonamides is 1. The molecule has 0 unspecified atom stereocenters. The van der Waals surface area contributed by atoms with Crippen LogP contribution in [0.25, 0.3) is 22.4 Å². The van der Waals surface area contributed by atoms with Gasteiger partial charge in [0.2, 0.25) is 10.0 Å². The van der Waals surface area contributed by atoms with Crippen LogP contribution in [0.5, 0.6) is 0 Å². The highest BCUT2D eigenvalue weighted by Crippen LogP contribution is 2.40. The van der Waals surface area contributed by atoms with Crippen LogP contribution < -0.4 is 9.62 Å². The smallest absolute Gasteiger partial charge is 0.208 e. The molecule has 0 amide bonds. The average Bonchev–Trinajstić information content (AvgIpc) is 3.16. The molecule has 1 aliphatic heterocycles. The van der Waals surface area contributed by atoms with Crippen LogP contribution in [0, 0.1) is 0 Å². The van der Waals surface area contributed by atoms with Gasteiger partial charge in [-0.15, -0.1) is 11.3 Å². The van der Waals surface area contributed by atoms with Gasteiger partial charge in [0.25, 0.3) is 0 Å². The van der Waals surface area contributed by atoms with Crippen LogP contribution in [-0.2, 0) is 22.9 Å². The molecule has 32 heavy (non-hydrogen) atoms. The second-order valence-electron chi connectivity index (χ2n) is 8.69. The number of aromatic nitrogens is 2. The first-order valence-corrected chi connectivity index (χ1v) is 13.9. The van der Waals surface area contributed by atoms with Crippen LogP contribution in [0.15, 0.2) is 30.3 Å². The molecule has 3 heterocycles. The van der Waals surface area contributed by atoms with Crippen molar-refractivity contribution in [3.63, 3.8) is 0 Å². The molecule has 2 aliphatic rings. The van der Waals surface area contributed by atoms with Gasteiger partial charge in [-0.3, -0.25) is 0 Å². The van der Waals surface area contributed by atoms with Gasteiger partial charge in [0.15, 0.2) is 5.82 Å². The zero-order chi connectivity index (χ0) is 22.1. The van der Waals surface area contributed by atoms with E-state index >= 15 is 0 Å². The molecule has 1 aliphatic carbocycles. The second-order valence-corrected chi connectivity index (χ2v) is 11.6. The van der Waals surface area contributed by atoms with Crippen molar-refractivity contribution in [2.75, 3.05) is 24.2 Å². The first kappa shape index (κ1) is 21.6. The fourth-order valence-electron chi connectivity index (χ4n) is 4.70. The Labute approximate surface area is 193 Å². The van der Waals surface area contributed by atoms with Gasteiger partial charge < -0.3 is 4.90 Å². The number of aryl methyl sites for hydroxylation is 2. The van der Waals surface area contributed by atoms with Gasteiger partial charge in [0.1, 0.15) is 10.6 Å². The van der Waals surface area contributed by atoms with Crippen molar-refractivity contribution in [3.05, 3.63) is 52.2 Å². The van der Waals surface area contributed by atoms with Crippen LogP contribution in [0.2, 0.25) is 0 Å². The van der Waals surface area contributed by atoms with E-state index < -0.39 is 10.0 Å². The number of nitrogens with zero attached hydrogens (tertiary/aromatic N) is 3. The van der Waals surface area contributed by atoms with Crippen LogP contribution in [0.3, 0.4) is 0 Å². The number of rotatable bonds is 5. The van der Waals surface area contributed by atoms with Crippen molar-refractivity contribution in [1.82, 2.24) is 14.7 Å². The molecule has 0 spiro atoms. The highest BCUT2D eigenvalue weighted by atomic mass is 32.2. The quantitative estimate of drug-likeness (QED) is 0.606. The topological polar surface area (TPSA) is 75.2 Å². The maximum absolute atomic E-state index is 11.6. The molecule has 1 fully saturated rings. The molecule has 1 aromatic carbocycles. The summed E-state index contributed by atoms with van der Waals surface area (Å²) < 4.78 is 26.0. The third-order valence-electron chi connectivity index (χ3n) is 6.21. The molecular weight excluding hydrogens is 440 g/mol. The third-order valence-corrected chi connectivity index (χ3v) is 8.16. The molecule has 5 rings (SSSR count). The maximum Gasteiger partial charge on any atom is 0.208 e. The summed E-state index contributed by atoms with van der Waals surface area (Å²) in [5, 5.41) is 1.22. The highest BCUT2D eigenvalue weighted by Gasteiger charge is 2.27.